The van der Waals surface area contributed by atoms with E-state index < -0.39 is 36.8 Å². The molecule has 0 spiro atoms. The molecule has 1 saturated heterocycles. The molecule has 1 aliphatic rings. The first kappa shape index (κ1) is 25.1. The van der Waals surface area contributed by atoms with Crippen LogP contribution in [0.2, 0.25) is 0 Å². The predicted molar refractivity (Wildman–Crippen MR) is 120 cm³/mol. The van der Waals surface area contributed by atoms with Crippen molar-refractivity contribution in [3.8, 4) is 11.8 Å². The van der Waals surface area contributed by atoms with Gasteiger partial charge in [0.2, 0.25) is 5.79 Å². The summed E-state index contributed by atoms with van der Waals surface area (Å²) in [6, 6.07) is 13.5. The zero-order valence-electron chi connectivity index (χ0n) is 19.1. The van der Waals surface area contributed by atoms with Gasteiger partial charge in [0, 0.05) is 7.11 Å². The van der Waals surface area contributed by atoms with E-state index in [0.717, 1.165) is 12.0 Å². The van der Waals surface area contributed by atoms with Gasteiger partial charge in [0.25, 0.3) is 0 Å². The summed E-state index contributed by atoms with van der Waals surface area (Å²) in [7, 11) is 1.29. The Morgan fingerprint density at radius 1 is 1.06 bits per heavy atom. The number of aryl methyl sites for hydroxylation is 1. The van der Waals surface area contributed by atoms with Gasteiger partial charge in [-0.25, -0.2) is 0 Å². The largest absolute Gasteiger partial charge is 0.493 e. The van der Waals surface area contributed by atoms with Crippen LogP contribution >= 0.6 is 0 Å². The number of aliphatic hydroxyl groups is 4. The maximum atomic E-state index is 10.9. The first-order valence-electron chi connectivity index (χ1n) is 11.0. The maximum absolute atomic E-state index is 10.9. The van der Waals surface area contributed by atoms with Crippen LogP contribution in [0.15, 0.2) is 36.4 Å². The molecule has 3 rings (SSSR count). The highest BCUT2D eigenvalue weighted by Gasteiger charge is 2.56. The Balaban J connectivity index is 2.15. The Kier molecular flexibility index (Phi) is 8.08. The molecular formula is C25H31NO7. The number of aliphatic hydroxyl groups excluding tert-OH is 4. The van der Waals surface area contributed by atoms with Gasteiger partial charge in [0.1, 0.15) is 30.2 Å². The summed E-state index contributed by atoms with van der Waals surface area (Å²) >= 11 is 0. The molecule has 2 aromatic carbocycles. The van der Waals surface area contributed by atoms with Gasteiger partial charge >= 0.3 is 0 Å². The number of hydrogen-bond donors (Lipinski definition) is 4. The van der Waals surface area contributed by atoms with Crippen molar-refractivity contribution in [1.29, 1.82) is 5.26 Å². The Hall–Kier alpha value is -2.51. The third-order valence-corrected chi connectivity index (χ3v) is 6.08. The Bertz CT molecular complexity index is 985. The number of benzene rings is 2. The first-order chi connectivity index (χ1) is 15.8. The van der Waals surface area contributed by atoms with Gasteiger partial charge in [0.05, 0.1) is 30.4 Å². The van der Waals surface area contributed by atoms with Gasteiger partial charge in [-0.3, -0.25) is 0 Å². The van der Waals surface area contributed by atoms with Gasteiger partial charge in [-0.15, -0.1) is 0 Å². The van der Waals surface area contributed by atoms with Crippen LogP contribution in [-0.4, -0.2) is 65.2 Å². The van der Waals surface area contributed by atoms with Gasteiger partial charge < -0.3 is 34.6 Å². The third kappa shape index (κ3) is 4.75. The fourth-order valence-electron chi connectivity index (χ4n) is 4.18. The third-order valence-electron chi connectivity index (χ3n) is 6.08. The van der Waals surface area contributed by atoms with Crippen LogP contribution < -0.4 is 4.74 Å². The molecular weight excluding hydrogens is 426 g/mol. The minimum Gasteiger partial charge on any atom is -0.493 e. The smallest absolute Gasteiger partial charge is 0.228 e. The molecule has 1 fully saturated rings. The highest BCUT2D eigenvalue weighted by atomic mass is 16.7. The van der Waals surface area contributed by atoms with E-state index >= 15 is 0 Å². The van der Waals surface area contributed by atoms with Crippen LogP contribution in [0.5, 0.6) is 5.75 Å². The molecule has 178 valence electrons. The van der Waals surface area contributed by atoms with Crippen molar-refractivity contribution in [2.24, 2.45) is 0 Å². The van der Waals surface area contributed by atoms with E-state index in [1.165, 1.54) is 12.7 Å². The highest BCUT2D eigenvalue weighted by molar-refractivity contribution is 5.52. The second kappa shape index (κ2) is 10.6. The minimum atomic E-state index is -1.94. The van der Waals surface area contributed by atoms with Crippen molar-refractivity contribution in [2.75, 3.05) is 20.3 Å². The summed E-state index contributed by atoms with van der Waals surface area (Å²) in [6.45, 7) is 3.51. The molecule has 1 aliphatic heterocycles. The summed E-state index contributed by atoms with van der Waals surface area (Å²) in [4.78, 5) is 0. The molecule has 0 unspecified atom stereocenters. The fraction of sp³-hybridized carbons (Fsp3) is 0.480. The highest BCUT2D eigenvalue weighted by Crippen LogP contribution is 2.44. The number of ether oxygens (including phenoxy) is 3. The van der Waals surface area contributed by atoms with E-state index in [2.05, 4.69) is 13.0 Å². The fourth-order valence-corrected chi connectivity index (χ4v) is 4.18. The van der Waals surface area contributed by atoms with Gasteiger partial charge in [-0.1, -0.05) is 31.2 Å². The average molecular weight is 458 g/mol. The van der Waals surface area contributed by atoms with Gasteiger partial charge in [-0.2, -0.15) is 5.26 Å². The van der Waals surface area contributed by atoms with Crippen LogP contribution in [0.1, 0.15) is 41.7 Å². The molecule has 1 heterocycles. The molecule has 8 nitrogen and oxygen atoms in total. The lowest BCUT2D eigenvalue weighted by atomic mass is 9.85. The molecule has 33 heavy (non-hydrogen) atoms. The summed E-state index contributed by atoms with van der Waals surface area (Å²) in [5.74, 6) is -1.70. The van der Waals surface area contributed by atoms with Crippen LogP contribution in [-0.2, 0) is 28.1 Å². The molecule has 0 bridgehead atoms. The number of methoxy groups -OCH3 is 1. The van der Waals surface area contributed by atoms with Crippen molar-refractivity contribution in [2.45, 2.75) is 56.9 Å². The van der Waals surface area contributed by atoms with Crippen molar-refractivity contribution in [3.63, 3.8) is 0 Å². The summed E-state index contributed by atoms with van der Waals surface area (Å²) < 4.78 is 17.2. The number of nitrogens with zero attached hydrogens (tertiary/aromatic N) is 1. The number of rotatable bonds is 8. The van der Waals surface area contributed by atoms with E-state index in [9.17, 15) is 25.7 Å². The monoisotopic (exact) mass is 457 g/mol. The normalized spacial score (nSPS) is 27.2. The van der Waals surface area contributed by atoms with Gasteiger partial charge in [0.15, 0.2) is 0 Å². The first-order valence-corrected chi connectivity index (χ1v) is 11.0. The molecule has 0 aromatic heterocycles. The zero-order valence-corrected chi connectivity index (χ0v) is 19.1. The molecule has 4 N–H and O–H groups in total. The van der Waals surface area contributed by atoms with Crippen molar-refractivity contribution in [1.82, 2.24) is 0 Å². The second-order valence-electron chi connectivity index (χ2n) is 8.03. The summed E-state index contributed by atoms with van der Waals surface area (Å²) in [5, 5.41) is 51.1. The van der Waals surface area contributed by atoms with Crippen molar-refractivity contribution < 1.29 is 34.6 Å². The Morgan fingerprint density at radius 2 is 1.73 bits per heavy atom. The lowest BCUT2D eigenvalue weighted by molar-refractivity contribution is -0.366. The second-order valence-corrected chi connectivity index (χ2v) is 8.03. The van der Waals surface area contributed by atoms with E-state index in [-0.39, 0.29) is 17.9 Å². The molecule has 2 aromatic rings. The predicted octanol–water partition coefficient (Wildman–Crippen LogP) is 1.38. The van der Waals surface area contributed by atoms with Crippen molar-refractivity contribution in [3.05, 3.63) is 64.2 Å². The molecule has 5 atom stereocenters. The van der Waals surface area contributed by atoms with E-state index in [1.807, 2.05) is 24.3 Å². The van der Waals surface area contributed by atoms with Crippen LogP contribution in [0, 0.1) is 11.3 Å². The lowest BCUT2D eigenvalue weighted by Crippen LogP contribution is -2.64. The van der Waals surface area contributed by atoms with E-state index in [4.69, 9.17) is 14.2 Å². The quantitative estimate of drug-likeness (QED) is 0.467. The van der Waals surface area contributed by atoms with Crippen LogP contribution in [0.4, 0.5) is 0 Å². The Morgan fingerprint density at radius 3 is 2.27 bits per heavy atom. The summed E-state index contributed by atoms with van der Waals surface area (Å²) in [5.41, 5.74) is 3.47. The topological polar surface area (TPSA) is 132 Å². The van der Waals surface area contributed by atoms with E-state index in [0.29, 0.717) is 17.5 Å². The Labute approximate surface area is 193 Å². The number of nitriles is 1. The molecule has 0 amide bonds. The molecule has 0 radical (unpaired) electrons. The van der Waals surface area contributed by atoms with Gasteiger partial charge in [-0.05, 0) is 48.6 Å². The average Bonchev–Trinajstić information content (AvgIpc) is 2.84. The molecule has 0 saturated carbocycles. The summed E-state index contributed by atoms with van der Waals surface area (Å²) in [6.07, 6.45) is -4.72. The van der Waals surface area contributed by atoms with Crippen LogP contribution in [0.25, 0.3) is 0 Å². The molecule has 8 heteroatoms. The SMILES string of the molecule is CCOc1cc(C#N)c(Cc2ccc(CC)cc2)cc1[C@]1(OC)O[C@H](CO)[C@@H](O)[C@H](O)[C@H]1O. The zero-order chi connectivity index (χ0) is 24.2. The van der Waals surface area contributed by atoms with E-state index in [1.54, 1.807) is 19.1 Å². The number of hydrogen-bond acceptors (Lipinski definition) is 8. The lowest BCUT2D eigenvalue weighted by Gasteiger charge is -2.48. The van der Waals surface area contributed by atoms with Crippen molar-refractivity contribution >= 4 is 0 Å². The molecule has 0 aliphatic carbocycles. The standard InChI is InChI=1S/C25H31NO7/c1-4-15-6-8-16(9-7-15)10-17-11-19(20(32-5-2)12-18(17)13-26)25(31-3)24(30)23(29)22(28)21(14-27)33-25/h6-9,11-12,21-24,27-30H,4-5,10,14H2,1-3H3/t21-,22-,23+,24-,25+/m1/s1. The minimum absolute atomic E-state index is 0.236. The van der Waals surface area contributed by atoms with Crippen LogP contribution in [0.3, 0.4) is 0 Å². The maximum Gasteiger partial charge on any atom is 0.228 e.